The first kappa shape index (κ1) is 17.9. The molecule has 0 bridgehead atoms. The SMILES string of the molecule is CC(C)CC(C(=O)OC(C)C)C(O)C(=O)OC(C)C. The van der Waals surface area contributed by atoms with Gasteiger partial charge in [-0.15, -0.1) is 0 Å². The van der Waals surface area contributed by atoms with E-state index in [0.29, 0.717) is 6.42 Å². The van der Waals surface area contributed by atoms with Crippen LogP contribution in [0.3, 0.4) is 0 Å². The number of hydrogen-bond donors (Lipinski definition) is 1. The Hall–Kier alpha value is -1.10. The van der Waals surface area contributed by atoms with Crippen molar-refractivity contribution in [3.63, 3.8) is 0 Å². The minimum absolute atomic E-state index is 0.159. The van der Waals surface area contributed by atoms with E-state index in [9.17, 15) is 14.7 Å². The van der Waals surface area contributed by atoms with E-state index in [2.05, 4.69) is 0 Å². The molecule has 0 saturated carbocycles. The molecule has 0 aliphatic heterocycles. The summed E-state index contributed by atoms with van der Waals surface area (Å²) in [6, 6.07) is 0. The van der Waals surface area contributed by atoms with E-state index < -0.39 is 24.0 Å². The summed E-state index contributed by atoms with van der Waals surface area (Å²) in [5.74, 6) is -2.06. The molecule has 112 valence electrons. The average Bonchev–Trinajstić information content (AvgIpc) is 2.22. The maximum Gasteiger partial charge on any atom is 0.336 e. The van der Waals surface area contributed by atoms with Crippen LogP contribution in [0.1, 0.15) is 48.0 Å². The molecule has 0 aromatic heterocycles. The molecule has 0 heterocycles. The summed E-state index contributed by atoms with van der Waals surface area (Å²) in [6.45, 7) is 10.7. The van der Waals surface area contributed by atoms with Crippen molar-refractivity contribution in [3.8, 4) is 0 Å². The van der Waals surface area contributed by atoms with E-state index >= 15 is 0 Å². The third kappa shape index (κ3) is 7.15. The zero-order valence-electron chi connectivity index (χ0n) is 12.7. The number of carbonyl (C=O) groups is 2. The first-order valence-corrected chi connectivity index (χ1v) is 6.74. The zero-order valence-corrected chi connectivity index (χ0v) is 12.7. The number of ether oxygens (including phenoxy) is 2. The standard InChI is InChI=1S/C14H26O5/c1-8(2)7-11(13(16)18-9(3)4)12(15)14(17)19-10(5)6/h8-12,15H,7H2,1-6H3. The molecule has 0 saturated heterocycles. The van der Waals surface area contributed by atoms with Gasteiger partial charge in [0.25, 0.3) is 0 Å². The number of aliphatic hydroxyl groups is 1. The van der Waals surface area contributed by atoms with Crippen LogP contribution in [0.15, 0.2) is 0 Å². The van der Waals surface area contributed by atoms with E-state index in [1.807, 2.05) is 13.8 Å². The fraction of sp³-hybridized carbons (Fsp3) is 0.857. The Balaban J connectivity index is 4.82. The smallest absolute Gasteiger partial charge is 0.336 e. The summed E-state index contributed by atoms with van der Waals surface area (Å²) in [5.41, 5.74) is 0. The van der Waals surface area contributed by atoms with Crippen LogP contribution in [0.4, 0.5) is 0 Å². The normalized spacial score (nSPS) is 14.6. The molecule has 2 atom stereocenters. The molecule has 5 heteroatoms. The molecule has 5 nitrogen and oxygen atoms in total. The minimum atomic E-state index is -1.48. The van der Waals surface area contributed by atoms with E-state index in [1.165, 1.54) is 0 Å². The second-order valence-corrected chi connectivity index (χ2v) is 5.65. The Morgan fingerprint density at radius 1 is 0.895 bits per heavy atom. The predicted molar refractivity (Wildman–Crippen MR) is 71.4 cm³/mol. The molecule has 0 aliphatic carbocycles. The van der Waals surface area contributed by atoms with E-state index in [0.717, 1.165) is 0 Å². The fourth-order valence-electron chi connectivity index (χ4n) is 1.65. The molecule has 19 heavy (non-hydrogen) atoms. The third-order valence-corrected chi connectivity index (χ3v) is 2.35. The first-order chi connectivity index (χ1) is 8.65. The average molecular weight is 274 g/mol. The number of rotatable bonds is 7. The summed E-state index contributed by atoms with van der Waals surface area (Å²) >= 11 is 0. The van der Waals surface area contributed by atoms with Gasteiger partial charge in [0.05, 0.1) is 18.1 Å². The van der Waals surface area contributed by atoms with Crippen molar-refractivity contribution in [1.29, 1.82) is 0 Å². The van der Waals surface area contributed by atoms with Gasteiger partial charge >= 0.3 is 11.9 Å². The molecule has 0 fully saturated rings. The van der Waals surface area contributed by atoms with Crippen molar-refractivity contribution < 1.29 is 24.2 Å². The minimum Gasteiger partial charge on any atom is -0.463 e. The van der Waals surface area contributed by atoms with Crippen LogP contribution in [-0.2, 0) is 19.1 Å². The van der Waals surface area contributed by atoms with Crippen molar-refractivity contribution in [2.45, 2.75) is 66.3 Å². The quantitative estimate of drug-likeness (QED) is 0.718. The largest absolute Gasteiger partial charge is 0.463 e. The second-order valence-electron chi connectivity index (χ2n) is 5.65. The number of aliphatic hydroxyl groups excluding tert-OH is 1. The van der Waals surface area contributed by atoms with Crippen LogP contribution in [0, 0.1) is 11.8 Å². The van der Waals surface area contributed by atoms with Crippen LogP contribution in [-0.4, -0.2) is 35.4 Å². The van der Waals surface area contributed by atoms with Crippen LogP contribution < -0.4 is 0 Å². The van der Waals surface area contributed by atoms with Crippen molar-refractivity contribution >= 4 is 11.9 Å². The molecule has 1 N–H and O–H groups in total. The van der Waals surface area contributed by atoms with Gasteiger partial charge in [-0.05, 0) is 40.0 Å². The first-order valence-electron chi connectivity index (χ1n) is 6.74. The van der Waals surface area contributed by atoms with Gasteiger partial charge in [0, 0.05) is 0 Å². The predicted octanol–water partition coefficient (Wildman–Crippen LogP) is 1.91. The van der Waals surface area contributed by atoms with Crippen LogP contribution in [0.5, 0.6) is 0 Å². The van der Waals surface area contributed by atoms with Crippen molar-refractivity contribution in [2.75, 3.05) is 0 Å². The van der Waals surface area contributed by atoms with Gasteiger partial charge in [0.15, 0.2) is 6.10 Å². The van der Waals surface area contributed by atoms with Gasteiger partial charge in [-0.2, -0.15) is 0 Å². The Kier molecular flexibility index (Phi) is 7.68. The fourth-order valence-corrected chi connectivity index (χ4v) is 1.65. The van der Waals surface area contributed by atoms with Gasteiger partial charge in [-0.25, -0.2) is 4.79 Å². The van der Waals surface area contributed by atoms with E-state index in [4.69, 9.17) is 9.47 Å². The van der Waals surface area contributed by atoms with Crippen molar-refractivity contribution in [1.82, 2.24) is 0 Å². The van der Waals surface area contributed by atoms with Gasteiger partial charge < -0.3 is 14.6 Å². The van der Waals surface area contributed by atoms with Gasteiger partial charge in [-0.1, -0.05) is 13.8 Å². The lowest BCUT2D eigenvalue weighted by Crippen LogP contribution is -2.39. The van der Waals surface area contributed by atoms with Crippen molar-refractivity contribution in [2.24, 2.45) is 11.8 Å². The lowest BCUT2D eigenvalue weighted by atomic mass is 9.92. The summed E-state index contributed by atoms with van der Waals surface area (Å²) in [4.78, 5) is 23.6. The van der Waals surface area contributed by atoms with Crippen LogP contribution in [0.2, 0.25) is 0 Å². The number of carbonyl (C=O) groups excluding carboxylic acids is 2. The van der Waals surface area contributed by atoms with E-state index in [1.54, 1.807) is 27.7 Å². The Morgan fingerprint density at radius 3 is 1.68 bits per heavy atom. The third-order valence-electron chi connectivity index (χ3n) is 2.35. The molecule has 0 radical (unpaired) electrons. The highest BCUT2D eigenvalue weighted by atomic mass is 16.6. The lowest BCUT2D eigenvalue weighted by Gasteiger charge is -2.23. The maximum atomic E-state index is 11.9. The van der Waals surface area contributed by atoms with Gasteiger partial charge in [0.1, 0.15) is 0 Å². The van der Waals surface area contributed by atoms with Crippen LogP contribution in [0.25, 0.3) is 0 Å². The number of esters is 2. The lowest BCUT2D eigenvalue weighted by molar-refractivity contribution is -0.171. The van der Waals surface area contributed by atoms with E-state index in [-0.39, 0.29) is 18.1 Å². The van der Waals surface area contributed by atoms with Gasteiger partial charge in [-0.3, -0.25) is 4.79 Å². The molecule has 0 spiro atoms. The highest BCUT2D eigenvalue weighted by Gasteiger charge is 2.35. The summed E-state index contributed by atoms with van der Waals surface area (Å²) in [7, 11) is 0. The topological polar surface area (TPSA) is 72.8 Å². The Morgan fingerprint density at radius 2 is 1.32 bits per heavy atom. The monoisotopic (exact) mass is 274 g/mol. The highest BCUT2D eigenvalue weighted by molar-refractivity contribution is 5.83. The maximum absolute atomic E-state index is 11.9. The molecule has 0 aliphatic rings. The molecule has 0 aromatic rings. The van der Waals surface area contributed by atoms with Crippen LogP contribution >= 0.6 is 0 Å². The zero-order chi connectivity index (χ0) is 15.2. The molecular weight excluding hydrogens is 248 g/mol. The highest BCUT2D eigenvalue weighted by Crippen LogP contribution is 2.19. The summed E-state index contributed by atoms with van der Waals surface area (Å²) in [5, 5.41) is 9.98. The van der Waals surface area contributed by atoms with Crippen molar-refractivity contribution in [3.05, 3.63) is 0 Å². The summed E-state index contributed by atoms with van der Waals surface area (Å²) in [6.07, 6.45) is -1.71. The molecule has 0 rings (SSSR count). The molecule has 0 amide bonds. The summed E-state index contributed by atoms with van der Waals surface area (Å²) < 4.78 is 10.0. The second kappa shape index (κ2) is 8.15. The van der Waals surface area contributed by atoms with Gasteiger partial charge in [0.2, 0.25) is 0 Å². The number of hydrogen-bond acceptors (Lipinski definition) is 5. The molecule has 0 aromatic carbocycles. The Labute approximate surface area is 115 Å². The molecular formula is C14H26O5. The Bertz CT molecular complexity index is 296. The molecule has 2 unspecified atom stereocenters.